The van der Waals surface area contributed by atoms with Crippen LogP contribution in [0.3, 0.4) is 0 Å². The van der Waals surface area contributed by atoms with E-state index in [1.54, 1.807) is 0 Å². The first-order chi connectivity index (χ1) is 11.8. The predicted molar refractivity (Wildman–Crippen MR) is 105 cm³/mol. The summed E-state index contributed by atoms with van der Waals surface area (Å²) in [5, 5.41) is 0. The normalized spacial score (nSPS) is 31.9. The van der Waals surface area contributed by atoms with Crippen molar-refractivity contribution < 1.29 is 4.74 Å². The monoisotopic (exact) mass is 332 g/mol. The van der Waals surface area contributed by atoms with Gasteiger partial charge in [0.25, 0.3) is 0 Å². The van der Waals surface area contributed by atoms with Crippen molar-refractivity contribution >= 4 is 0 Å². The zero-order chi connectivity index (χ0) is 17.0. The molecule has 0 aromatic rings. The van der Waals surface area contributed by atoms with E-state index in [1.165, 1.54) is 70.6 Å². The molecule has 0 atom stereocenters. The van der Waals surface area contributed by atoms with Gasteiger partial charge >= 0.3 is 0 Å². The molecular formula is C23H40O. The smallest absolute Gasteiger partial charge is 0.0647 e. The summed E-state index contributed by atoms with van der Waals surface area (Å²) in [4.78, 5) is 0. The molecule has 0 aromatic carbocycles. The fourth-order valence-corrected chi connectivity index (χ4v) is 4.79. The third-order valence-corrected chi connectivity index (χ3v) is 6.40. The van der Waals surface area contributed by atoms with E-state index in [0.29, 0.717) is 0 Å². The first kappa shape index (κ1) is 19.8. The molecule has 0 unspecified atom stereocenters. The van der Waals surface area contributed by atoms with Crippen LogP contribution < -0.4 is 0 Å². The van der Waals surface area contributed by atoms with Gasteiger partial charge in [0, 0.05) is 6.61 Å². The maximum absolute atomic E-state index is 5.77. The summed E-state index contributed by atoms with van der Waals surface area (Å²) in [7, 11) is 0. The largest absolute Gasteiger partial charge is 0.377 e. The summed E-state index contributed by atoms with van der Waals surface area (Å²) < 4.78 is 5.77. The quantitative estimate of drug-likeness (QED) is 0.328. The Morgan fingerprint density at radius 1 is 0.792 bits per heavy atom. The number of hydrogen-bond donors (Lipinski definition) is 0. The van der Waals surface area contributed by atoms with E-state index < -0.39 is 0 Å². The SMILES string of the molecule is C/C=C\COCC1CCC(C2CCC(CC/C=C/CC)CC2)CC1. The van der Waals surface area contributed by atoms with Crippen LogP contribution in [-0.4, -0.2) is 13.2 Å². The summed E-state index contributed by atoms with van der Waals surface area (Å²) in [6, 6.07) is 0. The average Bonchev–Trinajstić information content (AvgIpc) is 2.64. The van der Waals surface area contributed by atoms with Crippen LogP contribution in [-0.2, 0) is 4.74 Å². The van der Waals surface area contributed by atoms with Gasteiger partial charge in [-0.15, -0.1) is 0 Å². The van der Waals surface area contributed by atoms with Crippen LogP contribution in [0.25, 0.3) is 0 Å². The molecule has 2 fully saturated rings. The maximum Gasteiger partial charge on any atom is 0.0647 e. The number of allylic oxidation sites excluding steroid dienone is 3. The van der Waals surface area contributed by atoms with Crippen molar-refractivity contribution in [3.8, 4) is 0 Å². The second-order valence-electron chi connectivity index (χ2n) is 8.13. The molecule has 138 valence electrons. The zero-order valence-corrected chi connectivity index (χ0v) is 16.2. The van der Waals surface area contributed by atoms with Crippen molar-refractivity contribution in [2.24, 2.45) is 23.7 Å². The van der Waals surface area contributed by atoms with Crippen LogP contribution in [0.15, 0.2) is 24.3 Å². The Bertz CT molecular complexity index is 354. The van der Waals surface area contributed by atoms with Crippen LogP contribution in [0.2, 0.25) is 0 Å². The highest BCUT2D eigenvalue weighted by Crippen LogP contribution is 2.42. The van der Waals surface area contributed by atoms with Crippen molar-refractivity contribution in [3.63, 3.8) is 0 Å². The third-order valence-electron chi connectivity index (χ3n) is 6.40. The minimum Gasteiger partial charge on any atom is -0.377 e. The molecule has 0 amide bonds. The minimum absolute atomic E-state index is 0.799. The van der Waals surface area contributed by atoms with Crippen molar-refractivity contribution in [2.75, 3.05) is 13.2 Å². The van der Waals surface area contributed by atoms with Crippen molar-refractivity contribution in [3.05, 3.63) is 24.3 Å². The highest BCUT2D eigenvalue weighted by Gasteiger charge is 2.30. The molecule has 0 aromatic heterocycles. The van der Waals surface area contributed by atoms with Crippen molar-refractivity contribution in [2.45, 2.75) is 84.5 Å². The van der Waals surface area contributed by atoms with Gasteiger partial charge in [0.15, 0.2) is 0 Å². The average molecular weight is 333 g/mol. The standard InChI is InChI=1S/C23H40O/c1-3-5-7-8-9-20-10-14-22(15-11-20)23-16-12-21(13-17-23)19-24-18-6-4-2/h4-7,20-23H,3,8-19H2,1-2H3/b6-4-,7-5+. The highest BCUT2D eigenvalue weighted by atomic mass is 16.5. The lowest BCUT2D eigenvalue weighted by atomic mass is 9.69. The van der Waals surface area contributed by atoms with Gasteiger partial charge in [0.05, 0.1) is 6.61 Å². The van der Waals surface area contributed by atoms with Crippen LogP contribution >= 0.6 is 0 Å². The zero-order valence-electron chi connectivity index (χ0n) is 16.2. The molecule has 0 bridgehead atoms. The van der Waals surface area contributed by atoms with E-state index in [1.807, 2.05) is 0 Å². The summed E-state index contributed by atoms with van der Waals surface area (Å²) in [5.41, 5.74) is 0. The lowest BCUT2D eigenvalue weighted by Crippen LogP contribution is -2.27. The van der Waals surface area contributed by atoms with Gasteiger partial charge in [-0.25, -0.2) is 0 Å². The van der Waals surface area contributed by atoms with Crippen LogP contribution in [0.1, 0.15) is 84.5 Å². The first-order valence-electron chi connectivity index (χ1n) is 10.7. The van der Waals surface area contributed by atoms with Crippen molar-refractivity contribution in [1.82, 2.24) is 0 Å². The molecule has 2 aliphatic rings. The summed E-state index contributed by atoms with van der Waals surface area (Å²) in [6.45, 7) is 6.07. The van der Waals surface area contributed by atoms with E-state index in [2.05, 4.69) is 38.2 Å². The number of rotatable bonds is 9. The van der Waals surface area contributed by atoms with E-state index in [-0.39, 0.29) is 0 Å². The first-order valence-corrected chi connectivity index (χ1v) is 10.7. The highest BCUT2D eigenvalue weighted by molar-refractivity contribution is 4.85. The summed E-state index contributed by atoms with van der Waals surface area (Å²) in [5.74, 6) is 3.90. The molecule has 1 heteroatoms. The lowest BCUT2D eigenvalue weighted by Gasteiger charge is -2.37. The fourth-order valence-electron chi connectivity index (χ4n) is 4.79. The topological polar surface area (TPSA) is 9.23 Å². The summed E-state index contributed by atoms with van der Waals surface area (Å²) in [6.07, 6.45) is 24.6. The number of hydrogen-bond acceptors (Lipinski definition) is 1. The lowest BCUT2D eigenvalue weighted by molar-refractivity contribution is 0.0780. The van der Waals surface area contributed by atoms with Gasteiger partial charge in [0.2, 0.25) is 0 Å². The van der Waals surface area contributed by atoms with E-state index in [0.717, 1.165) is 36.9 Å². The Morgan fingerprint density at radius 2 is 1.42 bits per heavy atom. The van der Waals surface area contributed by atoms with Crippen LogP contribution in [0.4, 0.5) is 0 Å². The Labute approximate surface area is 150 Å². The summed E-state index contributed by atoms with van der Waals surface area (Å²) >= 11 is 0. The molecule has 2 aliphatic carbocycles. The van der Waals surface area contributed by atoms with E-state index in [4.69, 9.17) is 4.74 Å². The van der Waals surface area contributed by atoms with Gasteiger partial charge in [-0.1, -0.05) is 44.1 Å². The molecule has 0 heterocycles. The van der Waals surface area contributed by atoms with Gasteiger partial charge < -0.3 is 4.74 Å². The molecular weight excluding hydrogens is 292 g/mol. The molecule has 2 saturated carbocycles. The molecule has 1 nitrogen and oxygen atoms in total. The van der Waals surface area contributed by atoms with Crippen molar-refractivity contribution in [1.29, 1.82) is 0 Å². The second kappa shape index (κ2) is 11.9. The molecule has 0 saturated heterocycles. The Morgan fingerprint density at radius 3 is 2.00 bits per heavy atom. The Balaban J connectivity index is 1.57. The molecule has 0 N–H and O–H groups in total. The molecule has 0 spiro atoms. The van der Waals surface area contributed by atoms with Gasteiger partial charge in [-0.05, 0) is 88.4 Å². The van der Waals surface area contributed by atoms with E-state index >= 15 is 0 Å². The minimum atomic E-state index is 0.799. The fraction of sp³-hybridized carbons (Fsp3) is 0.826. The maximum atomic E-state index is 5.77. The Hall–Kier alpha value is -0.560. The predicted octanol–water partition coefficient (Wildman–Crippen LogP) is 6.94. The van der Waals surface area contributed by atoms with Gasteiger partial charge in [-0.2, -0.15) is 0 Å². The molecule has 24 heavy (non-hydrogen) atoms. The molecule has 2 rings (SSSR count). The van der Waals surface area contributed by atoms with Crippen LogP contribution in [0, 0.1) is 23.7 Å². The van der Waals surface area contributed by atoms with E-state index in [9.17, 15) is 0 Å². The Kier molecular flexibility index (Phi) is 9.80. The second-order valence-corrected chi connectivity index (χ2v) is 8.13. The van der Waals surface area contributed by atoms with Gasteiger partial charge in [0.1, 0.15) is 0 Å². The van der Waals surface area contributed by atoms with Gasteiger partial charge in [-0.3, -0.25) is 0 Å². The molecule has 0 aliphatic heterocycles. The molecule has 0 radical (unpaired) electrons. The van der Waals surface area contributed by atoms with Crippen LogP contribution in [0.5, 0.6) is 0 Å². The number of ether oxygens (including phenoxy) is 1. The third kappa shape index (κ3) is 7.13.